The van der Waals surface area contributed by atoms with E-state index in [0.717, 1.165) is 37.7 Å². The van der Waals surface area contributed by atoms with Crippen LogP contribution in [0.25, 0.3) is 0 Å². The van der Waals surface area contributed by atoms with Crippen molar-refractivity contribution >= 4 is 5.97 Å². The van der Waals surface area contributed by atoms with Crippen LogP contribution in [-0.2, 0) is 4.79 Å². The van der Waals surface area contributed by atoms with Gasteiger partial charge < -0.3 is 15.3 Å². The molecule has 0 aromatic rings. The Morgan fingerprint density at radius 1 is 1.39 bits per heavy atom. The Balaban J connectivity index is 2.88. The van der Waals surface area contributed by atoms with Crippen molar-refractivity contribution in [2.24, 2.45) is 5.92 Å². The first-order valence-electron chi connectivity index (χ1n) is 9.35. The Kier molecular flexibility index (Phi) is 8.40. The zero-order valence-corrected chi connectivity index (χ0v) is 14.4. The second kappa shape index (κ2) is 10.6. The van der Waals surface area contributed by atoms with Crippen LogP contribution in [0.15, 0.2) is 23.3 Å². The summed E-state index contributed by atoms with van der Waals surface area (Å²) < 4.78 is 8.14. The van der Waals surface area contributed by atoms with Crippen molar-refractivity contribution in [2.75, 3.05) is 0 Å². The van der Waals surface area contributed by atoms with E-state index >= 15 is 0 Å². The number of unbranched alkanes of at least 4 members (excludes halogenated alkanes) is 3. The molecule has 3 atom stereocenters. The van der Waals surface area contributed by atoms with Crippen LogP contribution in [0.2, 0.25) is 0 Å². The molecular weight excluding hydrogens is 292 g/mol. The summed E-state index contributed by atoms with van der Waals surface area (Å²) in [6.45, 7) is 4.15. The van der Waals surface area contributed by atoms with Crippen molar-refractivity contribution in [3.8, 4) is 0 Å². The number of carboxylic acid groups (broad SMARTS) is 1. The van der Waals surface area contributed by atoms with Gasteiger partial charge in [-0.25, -0.2) is 0 Å². The lowest BCUT2D eigenvalue weighted by molar-refractivity contribution is -0.138. The Labute approximate surface area is 141 Å². The van der Waals surface area contributed by atoms with E-state index in [0.29, 0.717) is 24.8 Å². The number of aliphatic carboxylic acids is 1. The molecule has 0 fully saturated rings. The van der Waals surface area contributed by atoms with Crippen LogP contribution in [0.3, 0.4) is 0 Å². The van der Waals surface area contributed by atoms with E-state index in [1.165, 1.54) is 0 Å². The Hall–Kier alpha value is -1.13. The van der Waals surface area contributed by atoms with Gasteiger partial charge in [0.05, 0.1) is 20.0 Å². The summed E-state index contributed by atoms with van der Waals surface area (Å²) in [7, 11) is 0. The first-order chi connectivity index (χ1) is 11.3. The maximum Gasteiger partial charge on any atom is 0.303 e. The van der Waals surface area contributed by atoms with Crippen LogP contribution >= 0.6 is 0 Å². The topological polar surface area (TPSA) is 77.8 Å². The summed E-state index contributed by atoms with van der Waals surface area (Å²) in [6.07, 6.45) is 7.19. The van der Waals surface area contributed by atoms with Crippen LogP contribution in [-0.4, -0.2) is 33.5 Å². The second-order valence-corrected chi connectivity index (χ2v) is 6.42. The number of hydrogen-bond donors (Lipinski definition) is 3. The third-order valence-corrected chi connectivity index (χ3v) is 4.39. The largest absolute Gasteiger partial charge is 0.481 e. The van der Waals surface area contributed by atoms with E-state index < -0.39 is 18.2 Å². The lowest BCUT2D eigenvalue weighted by Gasteiger charge is -2.19. The third kappa shape index (κ3) is 6.88. The monoisotopic (exact) mass is 325 g/mol. The Morgan fingerprint density at radius 2 is 2.09 bits per heavy atom. The van der Waals surface area contributed by atoms with Crippen LogP contribution in [0, 0.1) is 5.92 Å². The van der Waals surface area contributed by atoms with Crippen LogP contribution in [0.4, 0.5) is 0 Å². The lowest BCUT2D eigenvalue weighted by atomic mass is 9.91. The van der Waals surface area contributed by atoms with Crippen molar-refractivity contribution in [3.63, 3.8) is 0 Å². The number of aliphatic hydroxyl groups is 2. The predicted octanol–water partition coefficient (Wildman–Crippen LogP) is 3.83. The van der Waals surface area contributed by atoms with Crippen LogP contribution in [0.1, 0.15) is 73.0 Å². The average molecular weight is 325 g/mol. The van der Waals surface area contributed by atoms with Crippen molar-refractivity contribution in [1.29, 1.82) is 0 Å². The quantitative estimate of drug-likeness (QED) is 0.505. The molecule has 4 heteroatoms. The highest BCUT2D eigenvalue weighted by molar-refractivity contribution is 5.67. The average Bonchev–Trinajstić information content (AvgIpc) is 2.84. The molecular formula is C19H32O4. The number of carboxylic acids is 1. The van der Waals surface area contributed by atoms with Gasteiger partial charge in [-0.2, -0.15) is 0 Å². The molecule has 0 spiro atoms. The molecule has 0 aliphatic heterocycles. The van der Waals surface area contributed by atoms with E-state index in [1.807, 2.05) is 6.08 Å². The molecule has 0 amide bonds. The first kappa shape index (κ1) is 18.2. The standard InChI is InChI=1S/C19H32O4/c1-3-5-7-9-16(20)12-14(8-6-4-2)17-11-10-15(19(17)23)13-18(21)22/h11-12,15-16,19-20,23H,3-10,13H2,1-2H3,(H,21,22)/t15-,16+,19+/m1/s1/i16D. The highest BCUT2D eigenvalue weighted by Gasteiger charge is 2.31. The minimum atomic E-state index is -1.64. The summed E-state index contributed by atoms with van der Waals surface area (Å²) in [5.41, 5.74) is 1.50. The molecule has 0 radical (unpaired) electrons. The van der Waals surface area contributed by atoms with E-state index in [-0.39, 0.29) is 12.3 Å². The summed E-state index contributed by atoms with van der Waals surface area (Å²) in [5, 5.41) is 29.8. The van der Waals surface area contributed by atoms with Gasteiger partial charge in [-0.3, -0.25) is 4.79 Å². The van der Waals surface area contributed by atoms with E-state index in [1.54, 1.807) is 6.08 Å². The summed E-state index contributed by atoms with van der Waals surface area (Å²) >= 11 is 0. The van der Waals surface area contributed by atoms with Gasteiger partial charge in [0.1, 0.15) is 0 Å². The molecule has 0 bridgehead atoms. The minimum absolute atomic E-state index is 0.0656. The molecule has 1 rings (SSSR count). The molecule has 1 aliphatic rings. The van der Waals surface area contributed by atoms with Gasteiger partial charge in [-0.1, -0.05) is 51.7 Å². The predicted molar refractivity (Wildman–Crippen MR) is 92.2 cm³/mol. The van der Waals surface area contributed by atoms with Gasteiger partial charge in [0.15, 0.2) is 0 Å². The van der Waals surface area contributed by atoms with Gasteiger partial charge in [0, 0.05) is 5.92 Å². The molecule has 0 saturated heterocycles. The lowest BCUT2D eigenvalue weighted by Crippen LogP contribution is -2.21. The van der Waals surface area contributed by atoms with Crippen molar-refractivity contribution in [2.45, 2.75) is 83.8 Å². The maximum absolute atomic E-state index is 10.9. The number of allylic oxidation sites excluding steroid dienone is 1. The minimum Gasteiger partial charge on any atom is -0.481 e. The number of aliphatic hydroxyl groups excluding tert-OH is 1. The zero-order chi connectivity index (χ0) is 18.2. The normalized spacial score (nSPS) is 25.0. The van der Waals surface area contributed by atoms with Gasteiger partial charge in [0.2, 0.25) is 0 Å². The number of hydrogen-bond acceptors (Lipinski definition) is 3. The number of carbonyl (C=O) groups is 1. The van der Waals surface area contributed by atoms with Gasteiger partial charge in [-0.05, 0) is 36.8 Å². The zero-order valence-electron chi connectivity index (χ0n) is 15.4. The molecule has 4 nitrogen and oxygen atoms in total. The smallest absolute Gasteiger partial charge is 0.303 e. The molecule has 23 heavy (non-hydrogen) atoms. The van der Waals surface area contributed by atoms with Crippen LogP contribution in [0.5, 0.6) is 0 Å². The molecule has 0 aromatic carbocycles. The van der Waals surface area contributed by atoms with Gasteiger partial charge >= 0.3 is 5.97 Å². The molecule has 3 N–H and O–H groups in total. The van der Waals surface area contributed by atoms with Gasteiger partial charge in [0.25, 0.3) is 0 Å². The SMILES string of the molecule is [2H][C@@](O)(C=C(CCCC)C1=CC[C@H](CC(=O)O)[C@@H]1O)CCCCC. The second-order valence-electron chi connectivity index (χ2n) is 6.42. The highest BCUT2D eigenvalue weighted by Crippen LogP contribution is 2.34. The van der Waals surface area contributed by atoms with Crippen molar-refractivity contribution in [1.82, 2.24) is 0 Å². The summed E-state index contributed by atoms with van der Waals surface area (Å²) in [5.74, 6) is -1.23. The molecule has 0 saturated carbocycles. The Morgan fingerprint density at radius 3 is 2.70 bits per heavy atom. The van der Waals surface area contributed by atoms with E-state index in [4.69, 9.17) is 6.48 Å². The van der Waals surface area contributed by atoms with Crippen molar-refractivity contribution < 1.29 is 21.5 Å². The maximum atomic E-state index is 10.9. The van der Waals surface area contributed by atoms with Gasteiger partial charge in [-0.15, -0.1) is 0 Å². The van der Waals surface area contributed by atoms with Crippen molar-refractivity contribution in [3.05, 3.63) is 23.3 Å². The molecule has 0 heterocycles. The highest BCUT2D eigenvalue weighted by atomic mass is 16.4. The third-order valence-electron chi connectivity index (χ3n) is 4.39. The molecule has 0 unspecified atom stereocenters. The fraction of sp³-hybridized carbons (Fsp3) is 0.737. The molecule has 132 valence electrons. The van der Waals surface area contributed by atoms with E-state index in [2.05, 4.69) is 13.8 Å². The fourth-order valence-corrected chi connectivity index (χ4v) is 3.02. The molecule has 1 aliphatic carbocycles. The first-order valence-corrected chi connectivity index (χ1v) is 8.85. The number of rotatable bonds is 11. The Bertz CT molecular complexity index is 468. The molecule has 0 aromatic heterocycles. The summed E-state index contributed by atoms with van der Waals surface area (Å²) in [6, 6.07) is 0. The fourth-order valence-electron chi connectivity index (χ4n) is 3.02. The summed E-state index contributed by atoms with van der Waals surface area (Å²) in [4.78, 5) is 10.9. The van der Waals surface area contributed by atoms with E-state index in [9.17, 15) is 15.0 Å². The van der Waals surface area contributed by atoms with Crippen LogP contribution < -0.4 is 0 Å².